The largest absolute Gasteiger partial charge is 0.393 e. The van der Waals surface area contributed by atoms with Gasteiger partial charge in [0, 0.05) is 0 Å². The molecule has 0 heterocycles. The van der Waals surface area contributed by atoms with E-state index < -0.39 is 0 Å². The van der Waals surface area contributed by atoms with Gasteiger partial charge in [-0.2, -0.15) is 0 Å². The quantitative estimate of drug-likeness (QED) is 0.773. The van der Waals surface area contributed by atoms with Crippen LogP contribution in [0, 0.1) is 17.8 Å². The summed E-state index contributed by atoms with van der Waals surface area (Å²) in [5.74, 6) is 1.69. The zero-order valence-electron chi connectivity index (χ0n) is 10.1. The fourth-order valence-electron chi connectivity index (χ4n) is 4.38. The van der Waals surface area contributed by atoms with Crippen molar-refractivity contribution in [2.45, 2.75) is 69.5 Å². The Balaban J connectivity index is 1.54. The third kappa shape index (κ3) is 1.80. The summed E-state index contributed by atoms with van der Waals surface area (Å²) in [6.07, 6.45) is 10.2. The second-order valence-corrected chi connectivity index (χ2v) is 6.51. The second kappa shape index (κ2) is 3.99. The van der Waals surface area contributed by atoms with Crippen molar-refractivity contribution < 1.29 is 10.2 Å². The Morgan fingerprint density at radius 2 is 1.81 bits per heavy atom. The van der Waals surface area contributed by atoms with Crippen LogP contribution >= 0.6 is 0 Å². The molecule has 4 saturated carbocycles. The van der Waals surface area contributed by atoms with Gasteiger partial charge in [0.1, 0.15) is 0 Å². The van der Waals surface area contributed by atoms with Crippen molar-refractivity contribution in [1.82, 2.24) is 0 Å². The van der Waals surface area contributed by atoms with E-state index in [-0.39, 0.29) is 11.7 Å². The minimum absolute atomic E-state index is 0.145. The highest BCUT2D eigenvalue weighted by Crippen LogP contribution is 2.57. The summed E-state index contributed by atoms with van der Waals surface area (Å²) in [4.78, 5) is 0. The molecular formula is C14H24O2. The zero-order chi connectivity index (χ0) is 11.2. The van der Waals surface area contributed by atoms with Crippen LogP contribution in [0.5, 0.6) is 0 Å². The number of aliphatic hydroxyl groups is 2. The topological polar surface area (TPSA) is 40.5 Å². The highest BCUT2D eigenvalue weighted by molar-refractivity contribution is 5.07. The van der Waals surface area contributed by atoms with Gasteiger partial charge < -0.3 is 10.2 Å². The molecule has 2 unspecified atom stereocenters. The molecule has 0 spiro atoms. The first-order valence-electron chi connectivity index (χ1n) is 7.08. The maximum Gasteiger partial charge on any atom is 0.0682 e. The van der Waals surface area contributed by atoms with Crippen LogP contribution in [0.3, 0.4) is 0 Å². The molecule has 0 aromatic rings. The van der Waals surface area contributed by atoms with Gasteiger partial charge in [0.25, 0.3) is 0 Å². The van der Waals surface area contributed by atoms with E-state index in [2.05, 4.69) is 0 Å². The molecule has 0 saturated heterocycles. The molecule has 2 atom stereocenters. The summed E-state index contributed by atoms with van der Waals surface area (Å²) in [5, 5.41) is 20.5. The van der Waals surface area contributed by atoms with Crippen molar-refractivity contribution in [2.75, 3.05) is 0 Å². The van der Waals surface area contributed by atoms with E-state index in [9.17, 15) is 10.2 Å². The van der Waals surface area contributed by atoms with Gasteiger partial charge in [-0.15, -0.1) is 0 Å². The third-order valence-corrected chi connectivity index (χ3v) is 5.38. The molecule has 2 heteroatoms. The molecular weight excluding hydrogens is 200 g/mol. The van der Waals surface area contributed by atoms with E-state index >= 15 is 0 Å². The Bertz CT molecular complexity index is 251. The van der Waals surface area contributed by atoms with E-state index in [0.717, 1.165) is 25.2 Å². The summed E-state index contributed by atoms with van der Waals surface area (Å²) >= 11 is 0. The maximum atomic E-state index is 10.3. The van der Waals surface area contributed by atoms with Crippen molar-refractivity contribution in [3.05, 3.63) is 0 Å². The van der Waals surface area contributed by atoms with Crippen LogP contribution < -0.4 is 0 Å². The Morgan fingerprint density at radius 3 is 2.38 bits per heavy atom. The average molecular weight is 224 g/mol. The normalized spacial score (nSPS) is 45.4. The summed E-state index contributed by atoms with van der Waals surface area (Å²) in [7, 11) is 0. The molecule has 4 fully saturated rings. The predicted molar refractivity (Wildman–Crippen MR) is 63.0 cm³/mol. The first kappa shape index (κ1) is 11.0. The summed E-state index contributed by atoms with van der Waals surface area (Å²) in [6, 6.07) is 0. The van der Waals surface area contributed by atoms with Crippen molar-refractivity contribution in [3.8, 4) is 0 Å². The fraction of sp³-hybridized carbons (Fsp3) is 1.00. The molecule has 0 amide bonds. The first-order chi connectivity index (χ1) is 7.67. The van der Waals surface area contributed by atoms with Gasteiger partial charge >= 0.3 is 0 Å². The SMILES string of the molecule is OC(CC1CC2CC1(O)C2)C1CCCCC1. The molecule has 16 heavy (non-hydrogen) atoms. The van der Waals surface area contributed by atoms with Crippen LogP contribution in [-0.2, 0) is 0 Å². The van der Waals surface area contributed by atoms with Crippen LogP contribution in [0.2, 0.25) is 0 Å². The molecule has 4 aliphatic rings. The molecule has 92 valence electrons. The lowest BCUT2D eigenvalue weighted by atomic mass is 9.75. The summed E-state index contributed by atoms with van der Waals surface area (Å²) in [6.45, 7) is 0. The molecule has 2 N–H and O–H groups in total. The molecule has 4 aliphatic carbocycles. The third-order valence-electron chi connectivity index (χ3n) is 5.38. The first-order valence-corrected chi connectivity index (χ1v) is 7.08. The Morgan fingerprint density at radius 1 is 1.12 bits per heavy atom. The van der Waals surface area contributed by atoms with Crippen molar-refractivity contribution >= 4 is 0 Å². The maximum absolute atomic E-state index is 10.3. The fourth-order valence-corrected chi connectivity index (χ4v) is 4.38. The van der Waals surface area contributed by atoms with E-state index in [1.54, 1.807) is 0 Å². The average Bonchev–Trinajstić information content (AvgIpc) is 2.71. The second-order valence-electron chi connectivity index (χ2n) is 6.51. The minimum atomic E-state index is -0.375. The van der Waals surface area contributed by atoms with Crippen molar-refractivity contribution in [3.63, 3.8) is 0 Å². The van der Waals surface area contributed by atoms with Crippen molar-refractivity contribution in [1.29, 1.82) is 0 Å². The van der Waals surface area contributed by atoms with Crippen LogP contribution in [-0.4, -0.2) is 21.9 Å². The van der Waals surface area contributed by atoms with E-state index in [4.69, 9.17) is 0 Å². The minimum Gasteiger partial charge on any atom is -0.393 e. The summed E-state index contributed by atoms with van der Waals surface area (Å²) < 4.78 is 0. The Hall–Kier alpha value is -0.0800. The smallest absolute Gasteiger partial charge is 0.0682 e. The highest BCUT2D eigenvalue weighted by Gasteiger charge is 2.56. The number of hydrogen-bond acceptors (Lipinski definition) is 2. The number of fused-ring (bicyclic) bond motifs is 1. The van der Waals surface area contributed by atoms with E-state index in [1.807, 2.05) is 0 Å². The predicted octanol–water partition coefficient (Wildman–Crippen LogP) is 2.48. The van der Waals surface area contributed by atoms with E-state index in [1.165, 1.54) is 38.5 Å². The van der Waals surface area contributed by atoms with Gasteiger partial charge in [-0.3, -0.25) is 0 Å². The monoisotopic (exact) mass is 224 g/mol. The molecule has 2 bridgehead atoms. The Labute approximate surface area is 98.1 Å². The number of hydrogen-bond donors (Lipinski definition) is 2. The lowest BCUT2D eigenvalue weighted by Gasteiger charge is -2.37. The van der Waals surface area contributed by atoms with Crippen LogP contribution in [0.4, 0.5) is 0 Å². The molecule has 0 aromatic heterocycles. The number of rotatable bonds is 3. The summed E-state index contributed by atoms with van der Waals surface area (Å²) in [5.41, 5.74) is -0.375. The molecule has 4 rings (SSSR count). The standard InChI is InChI=1S/C14H24O2/c15-13(11-4-2-1-3-5-11)7-12-6-10-8-14(12,16)9-10/h10-13,15-16H,1-9H2. The lowest BCUT2D eigenvalue weighted by molar-refractivity contribution is -0.0645. The molecule has 2 nitrogen and oxygen atoms in total. The lowest BCUT2D eigenvalue weighted by Crippen LogP contribution is -2.41. The number of aliphatic hydroxyl groups excluding tert-OH is 1. The zero-order valence-corrected chi connectivity index (χ0v) is 10.1. The van der Waals surface area contributed by atoms with Gasteiger partial charge in [-0.05, 0) is 56.3 Å². The highest BCUT2D eigenvalue weighted by atomic mass is 16.3. The van der Waals surface area contributed by atoms with Crippen LogP contribution in [0.1, 0.15) is 57.8 Å². The van der Waals surface area contributed by atoms with Gasteiger partial charge in [0.2, 0.25) is 0 Å². The van der Waals surface area contributed by atoms with Gasteiger partial charge in [0.05, 0.1) is 11.7 Å². The van der Waals surface area contributed by atoms with Crippen LogP contribution in [0.25, 0.3) is 0 Å². The molecule has 0 aromatic carbocycles. The van der Waals surface area contributed by atoms with Crippen LogP contribution in [0.15, 0.2) is 0 Å². The van der Waals surface area contributed by atoms with Crippen molar-refractivity contribution in [2.24, 2.45) is 17.8 Å². The molecule has 0 aliphatic heterocycles. The van der Waals surface area contributed by atoms with E-state index in [0.29, 0.717) is 11.8 Å². The molecule has 0 radical (unpaired) electrons. The Kier molecular flexibility index (Phi) is 2.75. The van der Waals surface area contributed by atoms with Gasteiger partial charge in [-0.25, -0.2) is 0 Å². The van der Waals surface area contributed by atoms with Gasteiger partial charge in [-0.1, -0.05) is 19.3 Å². The van der Waals surface area contributed by atoms with Gasteiger partial charge in [0.15, 0.2) is 0 Å².